The minimum atomic E-state index is -0.519. The van der Waals surface area contributed by atoms with Crippen molar-refractivity contribution in [3.8, 4) is 11.8 Å². The average Bonchev–Trinajstić information content (AvgIpc) is 2.27. The van der Waals surface area contributed by atoms with Gasteiger partial charge >= 0.3 is 5.97 Å². The molecule has 0 fully saturated rings. The number of benzene rings is 1. The SMILES string of the molecule is CNCc1cccc(C#CC(=O)OC)c1. The quantitative estimate of drug-likeness (QED) is 0.574. The smallest absolute Gasteiger partial charge is 0.384 e. The monoisotopic (exact) mass is 203 g/mol. The molecule has 1 aromatic carbocycles. The van der Waals surface area contributed by atoms with Crippen LogP contribution in [0.15, 0.2) is 24.3 Å². The molecule has 0 amide bonds. The van der Waals surface area contributed by atoms with E-state index in [-0.39, 0.29) is 0 Å². The molecule has 1 rings (SSSR count). The van der Waals surface area contributed by atoms with Crippen LogP contribution < -0.4 is 5.32 Å². The summed E-state index contributed by atoms with van der Waals surface area (Å²) in [5.41, 5.74) is 1.95. The normalized spacial score (nSPS) is 8.93. The topological polar surface area (TPSA) is 38.3 Å². The van der Waals surface area contributed by atoms with Crippen molar-refractivity contribution in [1.29, 1.82) is 0 Å². The van der Waals surface area contributed by atoms with Gasteiger partial charge in [0.2, 0.25) is 0 Å². The van der Waals surface area contributed by atoms with Gasteiger partial charge in [-0.3, -0.25) is 0 Å². The van der Waals surface area contributed by atoms with Crippen molar-refractivity contribution in [1.82, 2.24) is 5.32 Å². The minimum Gasteiger partial charge on any atom is -0.459 e. The van der Waals surface area contributed by atoms with Crippen molar-refractivity contribution >= 4 is 5.97 Å². The minimum absolute atomic E-state index is 0.519. The maximum absolute atomic E-state index is 10.8. The highest BCUT2D eigenvalue weighted by Crippen LogP contribution is 2.03. The Kier molecular flexibility index (Phi) is 4.39. The number of carbonyl (C=O) groups excluding carboxylic acids is 1. The van der Waals surface area contributed by atoms with Gasteiger partial charge in [0.15, 0.2) is 0 Å². The van der Waals surface area contributed by atoms with Gasteiger partial charge in [-0.15, -0.1) is 0 Å². The standard InChI is InChI=1S/C12H13NO2/c1-13-9-11-5-3-4-10(8-11)6-7-12(14)15-2/h3-5,8,13H,9H2,1-2H3. The zero-order valence-corrected chi connectivity index (χ0v) is 8.83. The summed E-state index contributed by atoms with van der Waals surface area (Å²) >= 11 is 0. The molecule has 0 heterocycles. The van der Waals surface area contributed by atoms with Gasteiger partial charge in [0.05, 0.1) is 7.11 Å². The molecule has 1 aromatic rings. The maximum Gasteiger partial charge on any atom is 0.384 e. The maximum atomic E-state index is 10.8. The summed E-state index contributed by atoms with van der Waals surface area (Å²) in [6, 6.07) is 7.70. The Labute approximate surface area is 89.4 Å². The highest BCUT2D eigenvalue weighted by atomic mass is 16.5. The number of hydrogen-bond donors (Lipinski definition) is 1. The Bertz CT molecular complexity index is 402. The van der Waals surface area contributed by atoms with Crippen molar-refractivity contribution < 1.29 is 9.53 Å². The van der Waals surface area contributed by atoms with Crippen LogP contribution in [0.4, 0.5) is 0 Å². The number of rotatable bonds is 2. The lowest BCUT2D eigenvalue weighted by Crippen LogP contribution is -2.04. The fourth-order valence-electron chi connectivity index (χ4n) is 1.14. The third kappa shape index (κ3) is 3.84. The first-order valence-electron chi connectivity index (χ1n) is 4.59. The molecule has 0 bridgehead atoms. The molecule has 15 heavy (non-hydrogen) atoms. The zero-order chi connectivity index (χ0) is 11.1. The Balaban J connectivity index is 2.80. The van der Waals surface area contributed by atoms with E-state index >= 15 is 0 Å². The molecule has 0 radical (unpaired) electrons. The average molecular weight is 203 g/mol. The van der Waals surface area contributed by atoms with Crippen LogP contribution in [-0.4, -0.2) is 20.1 Å². The van der Waals surface area contributed by atoms with E-state index in [4.69, 9.17) is 0 Å². The molecule has 0 aromatic heterocycles. The lowest BCUT2D eigenvalue weighted by Gasteiger charge is -1.99. The summed E-state index contributed by atoms with van der Waals surface area (Å²) in [4.78, 5) is 10.8. The molecule has 0 saturated heterocycles. The van der Waals surface area contributed by atoms with Crippen LogP contribution in [0.2, 0.25) is 0 Å². The van der Waals surface area contributed by atoms with E-state index in [1.807, 2.05) is 31.3 Å². The highest BCUT2D eigenvalue weighted by Gasteiger charge is 1.93. The van der Waals surface area contributed by atoms with Crippen LogP contribution in [-0.2, 0) is 16.1 Å². The van der Waals surface area contributed by atoms with Crippen LogP contribution in [0.3, 0.4) is 0 Å². The number of hydrogen-bond acceptors (Lipinski definition) is 3. The van der Waals surface area contributed by atoms with Crippen molar-refractivity contribution in [2.24, 2.45) is 0 Å². The molecular weight excluding hydrogens is 190 g/mol. The summed E-state index contributed by atoms with van der Waals surface area (Å²) in [6.07, 6.45) is 0. The Morgan fingerprint density at radius 2 is 2.33 bits per heavy atom. The van der Waals surface area contributed by atoms with E-state index in [9.17, 15) is 4.79 Å². The first-order valence-corrected chi connectivity index (χ1v) is 4.59. The third-order valence-corrected chi connectivity index (χ3v) is 1.80. The summed E-state index contributed by atoms with van der Waals surface area (Å²) in [7, 11) is 3.20. The van der Waals surface area contributed by atoms with Gasteiger partial charge in [0.1, 0.15) is 0 Å². The summed E-state index contributed by atoms with van der Waals surface area (Å²) in [6.45, 7) is 0.785. The van der Waals surface area contributed by atoms with Crippen LogP contribution >= 0.6 is 0 Å². The van der Waals surface area contributed by atoms with Gasteiger partial charge in [-0.05, 0) is 24.7 Å². The van der Waals surface area contributed by atoms with Crippen LogP contribution in [0.1, 0.15) is 11.1 Å². The fourth-order valence-corrected chi connectivity index (χ4v) is 1.14. The van der Waals surface area contributed by atoms with Gasteiger partial charge in [-0.1, -0.05) is 18.1 Å². The van der Waals surface area contributed by atoms with Crippen molar-refractivity contribution in [2.45, 2.75) is 6.54 Å². The van der Waals surface area contributed by atoms with Crippen molar-refractivity contribution in [2.75, 3.05) is 14.2 Å². The summed E-state index contributed by atoms with van der Waals surface area (Å²) < 4.78 is 4.42. The van der Waals surface area contributed by atoms with E-state index in [1.54, 1.807) is 0 Å². The predicted octanol–water partition coefficient (Wildman–Crippen LogP) is 0.931. The van der Waals surface area contributed by atoms with E-state index in [1.165, 1.54) is 7.11 Å². The molecule has 0 aliphatic heterocycles. The number of methoxy groups -OCH3 is 1. The molecule has 0 spiro atoms. The van der Waals surface area contributed by atoms with Gasteiger partial charge in [-0.25, -0.2) is 4.79 Å². The molecule has 3 nitrogen and oxygen atoms in total. The lowest BCUT2D eigenvalue weighted by atomic mass is 10.1. The molecule has 0 aliphatic carbocycles. The van der Waals surface area contributed by atoms with Crippen LogP contribution in [0.25, 0.3) is 0 Å². The molecule has 78 valence electrons. The Hall–Kier alpha value is -1.79. The number of nitrogens with one attached hydrogen (secondary N) is 1. The van der Waals surface area contributed by atoms with Gasteiger partial charge in [-0.2, -0.15) is 0 Å². The van der Waals surface area contributed by atoms with Crippen molar-refractivity contribution in [3.63, 3.8) is 0 Å². The fraction of sp³-hybridized carbons (Fsp3) is 0.250. The highest BCUT2D eigenvalue weighted by molar-refractivity contribution is 5.88. The van der Waals surface area contributed by atoms with E-state index in [0.717, 1.165) is 17.7 Å². The Morgan fingerprint density at radius 1 is 1.53 bits per heavy atom. The molecule has 0 atom stereocenters. The second-order valence-corrected chi connectivity index (χ2v) is 2.97. The van der Waals surface area contributed by atoms with Crippen molar-refractivity contribution in [3.05, 3.63) is 35.4 Å². The van der Waals surface area contributed by atoms with E-state index < -0.39 is 5.97 Å². The molecule has 0 unspecified atom stereocenters. The van der Waals surface area contributed by atoms with Gasteiger partial charge in [0, 0.05) is 18.0 Å². The predicted molar refractivity (Wildman–Crippen MR) is 58.1 cm³/mol. The van der Waals surface area contributed by atoms with E-state index in [2.05, 4.69) is 21.9 Å². The first kappa shape index (κ1) is 11.3. The van der Waals surface area contributed by atoms with Gasteiger partial charge in [0.25, 0.3) is 0 Å². The lowest BCUT2D eigenvalue weighted by molar-refractivity contribution is -0.133. The largest absolute Gasteiger partial charge is 0.459 e. The van der Waals surface area contributed by atoms with Gasteiger partial charge < -0.3 is 10.1 Å². The second-order valence-electron chi connectivity index (χ2n) is 2.97. The number of carbonyl (C=O) groups is 1. The van der Waals surface area contributed by atoms with Crippen LogP contribution in [0.5, 0.6) is 0 Å². The Morgan fingerprint density at radius 3 is 3.00 bits per heavy atom. The third-order valence-electron chi connectivity index (χ3n) is 1.80. The summed E-state index contributed by atoms with van der Waals surface area (Å²) in [5, 5.41) is 3.05. The molecule has 0 saturated carbocycles. The zero-order valence-electron chi connectivity index (χ0n) is 8.83. The molecule has 0 aliphatic rings. The van der Waals surface area contributed by atoms with E-state index in [0.29, 0.717) is 0 Å². The number of ether oxygens (including phenoxy) is 1. The molecule has 1 N–H and O–H groups in total. The number of esters is 1. The van der Waals surface area contributed by atoms with Crippen LogP contribution in [0, 0.1) is 11.8 Å². The summed E-state index contributed by atoms with van der Waals surface area (Å²) in [5.74, 6) is 4.61. The first-order chi connectivity index (χ1) is 7.26. The molecule has 3 heteroatoms. The second kappa shape index (κ2) is 5.84. The molecular formula is C12H13NO2.